The summed E-state index contributed by atoms with van der Waals surface area (Å²) in [4.78, 5) is 4.34. The van der Waals surface area contributed by atoms with E-state index < -0.39 is 0 Å². The van der Waals surface area contributed by atoms with E-state index in [1.807, 2.05) is 36.7 Å². The Morgan fingerprint density at radius 3 is 2.45 bits per heavy atom. The third-order valence-electron chi connectivity index (χ3n) is 3.47. The van der Waals surface area contributed by atoms with Crippen LogP contribution in [0.1, 0.15) is 18.3 Å². The van der Waals surface area contributed by atoms with Gasteiger partial charge in [-0.1, -0.05) is 35.0 Å². The Bertz CT molecular complexity index is 733. The molecule has 0 amide bonds. The SMILES string of the molecule is CCc1nccn1-c1ccc(OCc2ccc(Br)cc2)cc1. The first-order valence-electron chi connectivity index (χ1n) is 7.26. The smallest absolute Gasteiger partial charge is 0.119 e. The Balaban J connectivity index is 1.68. The number of benzene rings is 2. The lowest BCUT2D eigenvalue weighted by Crippen LogP contribution is -1.99. The molecule has 2 aromatic carbocycles. The largest absolute Gasteiger partial charge is 0.489 e. The molecule has 4 heteroatoms. The number of halogens is 1. The van der Waals surface area contributed by atoms with E-state index in [0.717, 1.165) is 33.7 Å². The molecule has 0 aliphatic carbocycles. The van der Waals surface area contributed by atoms with Gasteiger partial charge in [0.25, 0.3) is 0 Å². The molecule has 0 unspecified atom stereocenters. The quantitative estimate of drug-likeness (QED) is 0.657. The Kier molecular flexibility index (Phi) is 4.59. The molecule has 0 bridgehead atoms. The number of imidazole rings is 1. The van der Waals surface area contributed by atoms with Gasteiger partial charge in [0.05, 0.1) is 0 Å². The van der Waals surface area contributed by atoms with Crippen molar-refractivity contribution in [2.24, 2.45) is 0 Å². The third kappa shape index (κ3) is 3.39. The highest BCUT2D eigenvalue weighted by Gasteiger charge is 2.03. The third-order valence-corrected chi connectivity index (χ3v) is 4.00. The molecule has 1 heterocycles. The zero-order valence-corrected chi connectivity index (χ0v) is 14.0. The van der Waals surface area contributed by atoms with Gasteiger partial charge in [-0.05, 0) is 42.0 Å². The van der Waals surface area contributed by atoms with Crippen LogP contribution in [0.15, 0.2) is 65.4 Å². The molecular weight excluding hydrogens is 340 g/mol. The lowest BCUT2D eigenvalue weighted by atomic mass is 10.2. The Morgan fingerprint density at radius 2 is 1.77 bits per heavy atom. The Labute approximate surface area is 138 Å². The van der Waals surface area contributed by atoms with Crippen LogP contribution in [0.5, 0.6) is 5.75 Å². The van der Waals surface area contributed by atoms with Crippen LogP contribution in [0.2, 0.25) is 0 Å². The van der Waals surface area contributed by atoms with Crippen molar-refractivity contribution in [3.05, 3.63) is 76.8 Å². The molecule has 3 rings (SSSR count). The molecule has 22 heavy (non-hydrogen) atoms. The standard InChI is InChI=1S/C18H17BrN2O/c1-2-18-20-11-12-21(18)16-7-9-17(10-8-16)22-13-14-3-5-15(19)6-4-14/h3-12H,2,13H2,1H3. The minimum atomic E-state index is 0.567. The summed E-state index contributed by atoms with van der Waals surface area (Å²) in [6, 6.07) is 16.2. The highest BCUT2D eigenvalue weighted by Crippen LogP contribution is 2.18. The van der Waals surface area contributed by atoms with Crippen LogP contribution in [-0.4, -0.2) is 9.55 Å². The second-order valence-electron chi connectivity index (χ2n) is 4.98. The van der Waals surface area contributed by atoms with Crippen LogP contribution in [0.4, 0.5) is 0 Å². The normalized spacial score (nSPS) is 10.6. The van der Waals surface area contributed by atoms with Crippen LogP contribution in [0.25, 0.3) is 5.69 Å². The molecule has 0 atom stereocenters. The molecule has 0 N–H and O–H groups in total. The number of aromatic nitrogens is 2. The van der Waals surface area contributed by atoms with Crippen LogP contribution in [0.3, 0.4) is 0 Å². The molecule has 3 nitrogen and oxygen atoms in total. The highest BCUT2D eigenvalue weighted by molar-refractivity contribution is 9.10. The molecule has 0 aliphatic rings. The van der Waals surface area contributed by atoms with Crippen molar-refractivity contribution in [2.45, 2.75) is 20.0 Å². The van der Waals surface area contributed by atoms with Crippen LogP contribution < -0.4 is 4.74 Å². The van der Waals surface area contributed by atoms with Gasteiger partial charge < -0.3 is 9.30 Å². The van der Waals surface area contributed by atoms with Crippen LogP contribution in [0, 0.1) is 0 Å². The minimum absolute atomic E-state index is 0.567. The van der Waals surface area contributed by atoms with E-state index in [1.165, 1.54) is 0 Å². The first kappa shape index (κ1) is 14.9. The maximum atomic E-state index is 5.82. The van der Waals surface area contributed by atoms with Crippen molar-refractivity contribution in [3.63, 3.8) is 0 Å². The predicted octanol–water partition coefficient (Wildman–Crippen LogP) is 4.78. The minimum Gasteiger partial charge on any atom is -0.489 e. The zero-order chi connectivity index (χ0) is 15.4. The summed E-state index contributed by atoms with van der Waals surface area (Å²) < 4.78 is 8.99. The lowest BCUT2D eigenvalue weighted by molar-refractivity contribution is 0.306. The Hall–Kier alpha value is -2.07. The summed E-state index contributed by atoms with van der Waals surface area (Å²) in [5.74, 6) is 1.92. The van der Waals surface area contributed by atoms with E-state index in [9.17, 15) is 0 Å². The molecule has 0 spiro atoms. The van der Waals surface area contributed by atoms with E-state index in [-0.39, 0.29) is 0 Å². The first-order chi connectivity index (χ1) is 10.8. The van der Waals surface area contributed by atoms with Crippen LogP contribution >= 0.6 is 15.9 Å². The zero-order valence-electron chi connectivity index (χ0n) is 12.4. The molecule has 0 aliphatic heterocycles. The first-order valence-corrected chi connectivity index (χ1v) is 8.05. The number of hydrogen-bond donors (Lipinski definition) is 0. The van der Waals surface area contributed by atoms with Crippen molar-refractivity contribution >= 4 is 15.9 Å². The molecule has 1 aromatic heterocycles. The van der Waals surface area contributed by atoms with Gasteiger partial charge >= 0.3 is 0 Å². The molecule has 0 saturated heterocycles. The van der Waals surface area contributed by atoms with Crippen LogP contribution in [-0.2, 0) is 13.0 Å². The van der Waals surface area contributed by atoms with E-state index in [2.05, 4.69) is 56.7 Å². The van der Waals surface area contributed by atoms with Gasteiger partial charge in [-0.2, -0.15) is 0 Å². The highest BCUT2D eigenvalue weighted by atomic mass is 79.9. The van der Waals surface area contributed by atoms with E-state index in [0.29, 0.717) is 6.61 Å². The fourth-order valence-corrected chi connectivity index (χ4v) is 2.55. The van der Waals surface area contributed by atoms with E-state index in [4.69, 9.17) is 4.74 Å². The summed E-state index contributed by atoms with van der Waals surface area (Å²) >= 11 is 3.43. The number of rotatable bonds is 5. The molecule has 3 aromatic rings. The number of nitrogens with zero attached hydrogens (tertiary/aromatic N) is 2. The summed E-state index contributed by atoms with van der Waals surface area (Å²) in [5, 5.41) is 0. The molecule has 0 radical (unpaired) electrons. The number of aryl methyl sites for hydroxylation is 1. The van der Waals surface area contributed by atoms with Crippen molar-refractivity contribution in [1.29, 1.82) is 0 Å². The van der Waals surface area contributed by atoms with Crippen molar-refractivity contribution in [3.8, 4) is 11.4 Å². The van der Waals surface area contributed by atoms with Gasteiger partial charge in [0, 0.05) is 29.0 Å². The molecule has 0 fully saturated rings. The number of ether oxygens (including phenoxy) is 1. The monoisotopic (exact) mass is 356 g/mol. The predicted molar refractivity (Wildman–Crippen MR) is 91.4 cm³/mol. The van der Waals surface area contributed by atoms with Gasteiger partial charge in [-0.25, -0.2) is 4.98 Å². The maximum Gasteiger partial charge on any atom is 0.119 e. The summed E-state index contributed by atoms with van der Waals surface area (Å²) in [6.07, 6.45) is 4.72. The van der Waals surface area contributed by atoms with Gasteiger partial charge in [0.15, 0.2) is 0 Å². The topological polar surface area (TPSA) is 27.1 Å². The van der Waals surface area contributed by atoms with Gasteiger partial charge in [0.1, 0.15) is 18.2 Å². The summed E-state index contributed by atoms with van der Waals surface area (Å²) in [7, 11) is 0. The molecule has 112 valence electrons. The van der Waals surface area contributed by atoms with Crippen molar-refractivity contribution in [2.75, 3.05) is 0 Å². The number of hydrogen-bond acceptors (Lipinski definition) is 2. The average molecular weight is 357 g/mol. The second kappa shape index (κ2) is 6.79. The van der Waals surface area contributed by atoms with E-state index in [1.54, 1.807) is 0 Å². The van der Waals surface area contributed by atoms with Gasteiger partial charge in [-0.3, -0.25) is 0 Å². The second-order valence-corrected chi connectivity index (χ2v) is 5.89. The van der Waals surface area contributed by atoms with Crippen molar-refractivity contribution in [1.82, 2.24) is 9.55 Å². The fourth-order valence-electron chi connectivity index (χ4n) is 2.28. The molecule has 0 saturated carbocycles. The van der Waals surface area contributed by atoms with Gasteiger partial charge in [-0.15, -0.1) is 0 Å². The maximum absolute atomic E-state index is 5.82. The molecular formula is C18H17BrN2O. The lowest BCUT2D eigenvalue weighted by Gasteiger charge is -2.09. The van der Waals surface area contributed by atoms with Crippen molar-refractivity contribution < 1.29 is 4.74 Å². The fraction of sp³-hybridized carbons (Fsp3) is 0.167. The Morgan fingerprint density at radius 1 is 1.05 bits per heavy atom. The summed E-state index contributed by atoms with van der Waals surface area (Å²) in [5.41, 5.74) is 2.25. The average Bonchev–Trinajstić information content (AvgIpc) is 3.03. The van der Waals surface area contributed by atoms with Gasteiger partial charge in [0.2, 0.25) is 0 Å². The van der Waals surface area contributed by atoms with E-state index >= 15 is 0 Å². The summed E-state index contributed by atoms with van der Waals surface area (Å²) in [6.45, 7) is 2.67.